The average Bonchev–Trinajstić information content (AvgIpc) is 3.12. The SMILES string of the molecule is O=C(Nc1ccc(F)c(Cl)c1)c1cccc(C(=O)N2CCCC2)n1. The Morgan fingerprint density at radius 3 is 2.54 bits per heavy atom. The fourth-order valence-electron chi connectivity index (χ4n) is 2.53. The van der Waals surface area contributed by atoms with Crippen LogP contribution in [0.1, 0.15) is 33.8 Å². The van der Waals surface area contributed by atoms with Crippen molar-refractivity contribution in [2.75, 3.05) is 18.4 Å². The summed E-state index contributed by atoms with van der Waals surface area (Å²) in [5.74, 6) is -1.23. The van der Waals surface area contributed by atoms with E-state index in [9.17, 15) is 14.0 Å². The molecule has 5 nitrogen and oxygen atoms in total. The molecule has 0 bridgehead atoms. The summed E-state index contributed by atoms with van der Waals surface area (Å²) in [5, 5.41) is 2.50. The maximum absolute atomic E-state index is 13.1. The van der Waals surface area contributed by atoms with Crippen molar-refractivity contribution in [3.8, 4) is 0 Å². The molecule has 0 aliphatic carbocycles. The Labute approximate surface area is 143 Å². The molecular weight excluding hydrogens is 333 g/mol. The Kier molecular flexibility index (Phi) is 4.76. The first kappa shape index (κ1) is 16.4. The predicted molar refractivity (Wildman–Crippen MR) is 88.7 cm³/mol. The fourth-order valence-corrected chi connectivity index (χ4v) is 2.71. The van der Waals surface area contributed by atoms with Gasteiger partial charge < -0.3 is 10.2 Å². The fraction of sp³-hybridized carbons (Fsp3) is 0.235. The second-order valence-corrected chi connectivity index (χ2v) is 5.90. The minimum atomic E-state index is -0.564. The van der Waals surface area contributed by atoms with Gasteiger partial charge in [-0.05, 0) is 43.2 Å². The summed E-state index contributed by atoms with van der Waals surface area (Å²) < 4.78 is 13.1. The zero-order chi connectivity index (χ0) is 17.1. The third-order valence-electron chi connectivity index (χ3n) is 3.77. The summed E-state index contributed by atoms with van der Waals surface area (Å²) in [7, 11) is 0. The van der Waals surface area contributed by atoms with E-state index in [2.05, 4.69) is 10.3 Å². The van der Waals surface area contributed by atoms with Gasteiger partial charge in [0, 0.05) is 18.8 Å². The third-order valence-corrected chi connectivity index (χ3v) is 4.06. The third kappa shape index (κ3) is 3.54. The molecule has 7 heteroatoms. The van der Waals surface area contributed by atoms with Gasteiger partial charge in [0.15, 0.2) is 0 Å². The van der Waals surface area contributed by atoms with Crippen molar-refractivity contribution in [3.05, 3.63) is 58.6 Å². The number of carbonyl (C=O) groups is 2. The Bertz CT molecular complexity index is 791. The summed E-state index contributed by atoms with van der Waals surface area (Å²) in [5.41, 5.74) is 0.701. The van der Waals surface area contributed by atoms with Crippen molar-refractivity contribution in [1.82, 2.24) is 9.88 Å². The first-order valence-electron chi connectivity index (χ1n) is 7.57. The van der Waals surface area contributed by atoms with Crippen LogP contribution in [0.15, 0.2) is 36.4 Å². The lowest BCUT2D eigenvalue weighted by Gasteiger charge is -2.14. The number of likely N-dealkylation sites (tertiary alicyclic amines) is 1. The first-order valence-corrected chi connectivity index (χ1v) is 7.95. The first-order chi connectivity index (χ1) is 11.5. The number of nitrogens with zero attached hydrogens (tertiary/aromatic N) is 2. The maximum atomic E-state index is 13.1. The van der Waals surface area contributed by atoms with Gasteiger partial charge in [0.05, 0.1) is 5.02 Å². The number of pyridine rings is 1. The highest BCUT2D eigenvalue weighted by atomic mass is 35.5. The number of anilines is 1. The smallest absolute Gasteiger partial charge is 0.274 e. The zero-order valence-electron chi connectivity index (χ0n) is 12.8. The van der Waals surface area contributed by atoms with Crippen molar-refractivity contribution < 1.29 is 14.0 Å². The molecule has 2 aromatic rings. The number of hydrogen-bond acceptors (Lipinski definition) is 3. The molecule has 0 spiro atoms. The number of carbonyl (C=O) groups excluding carboxylic acids is 2. The van der Waals surface area contributed by atoms with Gasteiger partial charge >= 0.3 is 0 Å². The van der Waals surface area contributed by atoms with Crippen LogP contribution in [-0.2, 0) is 0 Å². The summed E-state index contributed by atoms with van der Waals surface area (Å²) >= 11 is 5.69. The lowest BCUT2D eigenvalue weighted by atomic mass is 10.2. The Morgan fingerprint density at radius 1 is 1.12 bits per heavy atom. The molecule has 24 heavy (non-hydrogen) atoms. The van der Waals surface area contributed by atoms with E-state index < -0.39 is 11.7 Å². The molecule has 0 saturated carbocycles. The Hall–Kier alpha value is -2.47. The lowest BCUT2D eigenvalue weighted by Crippen LogP contribution is -2.29. The van der Waals surface area contributed by atoms with Gasteiger partial charge in [0.25, 0.3) is 11.8 Å². The molecule has 1 fully saturated rings. The molecule has 0 atom stereocenters. The van der Waals surface area contributed by atoms with Crippen LogP contribution in [0.5, 0.6) is 0 Å². The number of benzene rings is 1. The molecule has 124 valence electrons. The van der Waals surface area contributed by atoms with E-state index in [4.69, 9.17) is 11.6 Å². The predicted octanol–water partition coefficient (Wildman–Crippen LogP) is 3.36. The molecule has 3 rings (SSSR count). The monoisotopic (exact) mass is 347 g/mol. The average molecular weight is 348 g/mol. The van der Waals surface area contributed by atoms with Crippen LogP contribution in [0.2, 0.25) is 5.02 Å². The van der Waals surface area contributed by atoms with Gasteiger partial charge in [-0.25, -0.2) is 9.37 Å². The summed E-state index contributed by atoms with van der Waals surface area (Å²) in [4.78, 5) is 30.5. The molecule has 1 aliphatic heterocycles. The molecule has 1 aliphatic rings. The number of aromatic nitrogens is 1. The highest BCUT2D eigenvalue weighted by molar-refractivity contribution is 6.31. The summed E-state index contributed by atoms with van der Waals surface area (Å²) in [6, 6.07) is 8.60. The van der Waals surface area contributed by atoms with Crippen molar-refractivity contribution >= 4 is 29.1 Å². The highest BCUT2D eigenvalue weighted by Gasteiger charge is 2.21. The van der Waals surface area contributed by atoms with Crippen molar-refractivity contribution in [3.63, 3.8) is 0 Å². The summed E-state index contributed by atoms with van der Waals surface area (Å²) in [6.07, 6.45) is 1.97. The van der Waals surface area contributed by atoms with Crippen molar-refractivity contribution in [1.29, 1.82) is 0 Å². The van der Waals surface area contributed by atoms with Gasteiger partial charge in [-0.15, -0.1) is 0 Å². The topological polar surface area (TPSA) is 62.3 Å². The molecule has 2 amide bonds. The minimum absolute atomic E-state index is 0.0845. The van der Waals surface area contributed by atoms with Gasteiger partial charge in [-0.1, -0.05) is 17.7 Å². The molecule has 1 aromatic carbocycles. The van der Waals surface area contributed by atoms with E-state index in [1.807, 2.05) is 0 Å². The minimum Gasteiger partial charge on any atom is -0.337 e. The van der Waals surface area contributed by atoms with Crippen molar-refractivity contribution in [2.24, 2.45) is 0 Å². The summed E-state index contributed by atoms with van der Waals surface area (Å²) in [6.45, 7) is 1.43. The van der Waals surface area contributed by atoms with Crippen molar-refractivity contribution in [2.45, 2.75) is 12.8 Å². The quantitative estimate of drug-likeness (QED) is 0.926. The molecule has 0 radical (unpaired) electrons. The van der Waals surface area contributed by atoms with E-state index in [1.54, 1.807) is 17.0 Å². The second-order valence-electron chi connectivity index (χ2n) is 5.49. The van der Waals surface area contributed by atoms with Gasteiger partial charge in [0.1, 0.15) is 17.2 Å². The molecule has 1 N–H and O–H groups in total. The normalized spacial score (nSPS) is 13.8. The largest absolute Gasteiger partial charge is 0.337 e. The van der Waals surface area contributed by atoms with E-state index in [1.165, 1.54) is 24.3 Å². The van der Waals surface area contributed by atoms with Crippen LogP contribution in [-0.4, -0.2) is 34.8 Å². The van der Waals surface area contributed by atoms with Crippen LogP contribution in [0.4, 0.5) is 10.1 Å². The molecule has 1 saturated heterocycles. The highest BCUT2D eigenvalue weighted by Crippen LogP contribution is 2.20. The van der Waals surface area contributed by atoms with E-state index in [0.717, 1.165) is 12.8 Å². The molecular formula is C17H15ClFN3O2. The van der Waals surface area contributed by atoms with Gasteiger partial charge in [-0.3, -0.25) is 9.59 Å². The number of nitrogens with one attached hydrogen (secondary N) is 1. The molecule has 0 unspecified atom stereocenters. The number of hydrogen-bond donors (Lipinski definition) is 1. The lowest BCUT2D eigenvalue weighted by molar-refractivity contribution is 0.0787. The zero-order valence-corrected chi connectivity index (χ0v) is 13.5. The van der Waals surface area contributed by atoms with Crippen LogP contribution < -0.4 is 5.32 Å². The molecule has 1 aromatic heterocycles. The maximum Gasteiger partial charge on any atom is 0.274 e. The number of halogens is 2. The van der Waals surface area contributed by atoms with Crippen LogP contribution >= 0.6 is 11.6 Å². The second kappa shape index (κ2) is 6.97. The standard InChI is InChI=1S/C17H15ClFN3O2/c18-12-10-11(6-7-13(12)19)20-16(23)14-4-3-5-15(21-14)17(24)22-8-1-2-9-22/h3-7,10H,1-2,8-9H2,(H,20,23). The molecule has 2 heterocycles. The van der Waals surface area contributed by atoms with E-state index in [0.29, 0.717) is 18.8 Å². The number of rotatable bonds is 3. The van der Waals surface area contributed by atoms with Crippen LogP contribution in [0, 0.1) is 5.82 Å². The van der Waals surface area contributed by atoms with Crippen LogP contribution in [0.3, 0.4) is 0 Å². The Balaban J connectivity index is 1.76. The Morgan fingerprint density at radius 2 is 1.83 bits per heavy atom. The number of amides is 2. The van der Waals surface area contributed by atoms with Gasteiger partial charge in [-0.2, -0.15) is 0 Å². The van der Waals surface area contributed by atoms with Crippen LogP contribution in [0.25, 0.3) is 0 Å². The van der Waals surface area contributed by atoms with E-state index in [-0.39, 0.29) is 22.3 Å². The van der Waals surface area contributed by atoms with Gasteiger partial charge in [0.2, 0.25) is 0 Å². The van der Waals surface area contributed by atoms with E-state index >= 15 is 0 Å².